The highest BCUT2D eigenvalue weighted by atomic mass is 32.3. The smallest absolute Gasteiger partial charge is 0.131 e. The lowest BCUT2D eigenvalue weighted by Crippen LogP contribution is -2.26. The molecule has 2 heterocycles. The fraction of sp³-hybridized carbons (Fsp3) is 0.318. The molecule has 7 heteroatoms. The van der Waals surface area contributed by atoms with Crippen molar-refractivity contribution >= 4 is 33.0 Å². The van der Waals surface area contributed by atoms with Gasteiger partial charge in [0.15, 0.2) is 0 Å². The van der Waals surface area contributed by atoms with Crippen LogP contribution in [0.4, 0.5) is 11.5 Å². The molecule has 29 heavy (non-hydrogen) atoms. The van der Waals surface area contributed by atoms with Crippen LogP contribution in [-0.4, -0.2) is 44.6 Å². The number of pyridine rings is 1. The highest BCUT2D eigenvalue weighted by Crippen LogP contribution is 2.51. The predicted molar refractivity (Wildman–Crippen MR) is 120 cm³/mol. The molecule has 3 aromatic rings. The molecule has 6 nitrogen and oxygen atoms in total. The number of anilines is 2. The van der Waals surface area contributed by atoms with Gasteiger partial charge >= 0.3 is 0 Å². The Bertz CT molecular complexity index is 1030. The first-order chi connectivity index (χ1) is 14.0. The topological polar surface area (TPSA) is 88.9 Å². The van der Waals surface area contributed by atoms with E-state index >= 15 is 0 Å². The molecule has 0 atom stereocenters. The van der Waals surface area contributed by atoms with Crippen molar-refractivity contribution in [3.8, 4) is 0 Å². The number of hydrogen-bond acceptors (Lipinski definition) is 6. The lowest BCUT2D eigenvalue weighted by molar-refractivity contribution is 0.292. The van der Waals surface area contributed by atoms with E-state index in [1.807, 2.05) is 49.4 Å². The van der Waals surface area contributed by atoms with Gasteiger partial charge in [0.25, 0.3) is 0 Å². The van der Waals surface area contributed by atoms with Crippen LogP contribution >= 0.6 is 10.6 Å². The predicted octanol–water partition coefficient (Wildman–Crippen LogP) is 4.47. The molecule has 0 fully saturated rings. The van der Waals surface area contributed by atoms with Crippen molar-refractivity contribution in [2.75, 3.05) is 35.7 Å². The summed E-state index contributed by atoms with van der Waals surface area (Å²) in [5, 5.41) is 13.6. The molecule has 1 aromatic heterocycles. The number of aromatic nitrogens is 1. The molecule has 4 rings (SSSR count). The molecule has 0 amide bonds. The van der Waals surface area contributed by atoms with Gasteiger partial charge in [-0.25, -0.2) is 4.98 Å². The van der Waals surface area contributed by atoms with Crippen molar-refractivity contribution in [2.24, 2.45) is 0 Å². The summed E-state index contributed by atoms with van der Waals surface area (Å²) >= 11 is 0. The van der Waals surface area contributed by atoms with Crippen LogP contribution in [0.3, 0.4) is 0 Å². The van der Waals surface area contributed by atoms with Crippen LogP contribution < -0.4 is 10.2 Å². The van der Waals surface area contributed by atoms with Crippen LogP contribution in [0.1, 0.15) is 17.5 Å². The number of benzene rings is 2. The molecule has 154 valence electrons. The van der Waals surface area contributed by atoms with Gasteiger partial charge in [-0.15, -0.1) is 0 Å². The van der Waals surface area contributed by atoms with Crippen molar-refractivity contribution in [1.29, 1.82) is 0 Å². The van der Waals surface area contributed by atoms with E-state index in [4.69, 9.17) is 10.1 Å². The number of para-hydroxylation sites is 1. The summed E-state index contributed by atoms with van der Waals surface area (Å²) in [5.74, 6) is 1.09. The normalized spacial score (nSPS) is 16.9. The Hall–Kier alpha value is -2.32. The molecule has 0 spiro atoms. The first-order valence-electron chi connectivity index (χ1n) is 9.83. The van der Waals surface area contributed by atoms with Gasteiger partial charge in [0.2, 0.25) is 0 Å². The van der Waals surface area contributed by atoms with Gasteiger partial charge < -0.3 is 15.3 Å². The fourth-order valence-corrected chi connectivity index (χ4v) is 5.31. The van der Waals surface area contributed by atoms with Gasteiger partial charge in [-0.05, 0) is 30.5 Å². The summed E-state index contributed by atoms with van der Waals surface area (Å²) in [6.07, 6.45) is 0.670. The minimum absolute atomic E-state index is 0.142. The number of nitrogens with one attached hydrogen (secondary N) is 1. The fourth-order valence-electron chi connectivity index (χ4n) is 3.77. The van der Waals surface area contributed by atoms with E-state index in [1.54, 1.807) is 0 Å². The molecular formula is C22H27N3O3S. The highest BCUT2D eigenvalue weighted by Gasteiger charge is 2.26. The third-order valence-corrected chi connectivity index (χ3v) is 7.19. The molecule has 0 unspecified atom stereocenters. The molecule has 0 radical (unpaired) electrons. The summed E-state index contributed by atoms with van der Waals surface area (Å²) in [4.78, 5) is 7.69. The quantitative estimate of drug-likeness (QED) is 0.462. The lowest BCUT2D eigenvalue weighted by Gasteiger charge is -2.32. The largest absolute Gasteiger partial charge is 0.396 e. The number of aliphatic hydroxyl groups excluding tert-OH is 1. The molecule has 1 aliphatic heterocycles. The van der Waals surface area contributed by atoms with Crippen LogP contribution in [0.5, 0.6) is 0 Å². The van der Waals surface area contributed by atoms with Gasteiger partial charge in [-0.1, -0.05) is 36.4 Å². The Kier molecular flexibility index (Phi) is 5.65. The van der Waals surface area contributed by atoms with Gasteiger partial charge in [-0.3, -0.25) is 9.11 Å². The van der Waals surface area contributed by atoms with Crippen molar-refractivity contribution in [3.63, 3.8) is 0 Å². The van der Waals surface area contributed by atoms with E-state index in [0.29, 0.717) is 31.0 Å². The molecular weight excluding hydrogens is 386 g/mol. The Morgan fingerprint density at radius 3 is 2.79 bits per heavy atom. The van der Waals surface area contributed by atoms with Crippen molar-refractivity contribution in [3.05, 3.63) is 59.7 Å². The van der Waals surface area contributed by atoms with Crippen LogP contribution in [0.2, 0.25) is 0 Å². The third-order valence-electron chi connectivity index (χ3n) is 5.33. The third kappa shape index (κ3) is 4.04. The van der Waals surface area contributed by atoms with E-state index in [1.165, 1.54) is 0 Å². The maximum absolute atomic E-state index is 10.6. The number of rotatable bonds is 5. The van der Waals surface area contributed by atoms with Gasteiger partial charge in [0.1, 0.15) is 5.82 Å². The van der Waals surface area contributed by atoms with Gasteiger partial charge in [-0.2, -0.15) is 10.6 Å². The monoisotopic (exact) mass is 413 g/mol. The van der Waals surface area contributed by atoms with Crippen molar-refractivity contribution < 1.29 is 14.2 Å². The molecule has 0 aliphatic carbocycles. The van der Waals surface area contributed by atoms with E-state index in [9.17, 15) is 9.11 Å². The average Bonchev–Trinajstić information content (AvgIpc) is 2.85. The summed E-state index contributed by atoms with van der Waals surface area (Å²) in [6, 6.07) is 15.7. The molecule has 4 N–H and O–H groups in total. The minimum Gasteiger partial charge on any atom is -0.396 e. The summed E-state index contributed by atoms with van der Waals surface area (Å²) in [5.41, 5.74) is 3.92. The Morgan fingerprint density at radius 1 is 1.14 bits per heavy atom. The second-order valence-corrected chi connectivity index (χ2v) is 9.58. The first-order valence-corrected chi connectivity index (χ1v) is 11.5. The standard InChI is InChI=1S/C22H27N3O3S/c1-16-6-4-8-18-19(23-10-5-12-26)14-21(24-22(16)18)25-11-13-29(27,28)20-9-3-2-7-17(20)15-25/h2-4,6-9,14,26-28H,5,10-13,15H2,1H3,(H,23,24). The summed E-state index contributed by atoms with van der Waals surface area (Å²) in [6.45, 7) is 3.95. The number of aryl methyl sites for hydroxylation is 1. The molecule has 0 bridgehead atoms. The number of hydrogen-bond donors (Lipinski definition) is 4. The van der Waals surface area contributed by atoms with Gasteiger partial charge in [0, 0.05) is 43.4 Å². The lowest BCUT2D eigenvalue weighted by atomic mass is 10.1. The molecule has 2 aromatic carbocycles. The second-order valence-electron chi connectivity index (χ2n) is 7.40. The first kappa shape index (κ1) is 20.0. The van der Waals surface area contributed by atoms with Crippen molar-refractivity contribution in [2.45, 2.75) is 24.8 Å². The number of fused-ring (bicyclic) bond motifs is 2. The summed E-state index contributed by atoms with van der Waals surface area (Å²) < 4.78 is 21.3. The molecule has 0 saturated carbocycles. The Balaban J connectivity index is 1.76. The molecule has 1 aliphatic rings. The van der Waals surface area contributed by atoms with Crippen LogP contribution in [0.15, 0.2) is 53.4 Å². The van der Waals surface area contributed by atoms with E-state index < -0.39 is 10.6 Å². The zero-order valence-corrected chi connectivity index (χ0v) is 17.3. The Labute approximate surface area is 172 Å². The van der Waals surface area contributed by atoms with Crippen LogP contribution in [-0.2, 0) is 6.54 Å². The van der Waals surface area contributed by atoms with E-state index in [-0.39, 0.29) is 12.4 Å². The second kappa shape index (κ2) is 8.20. The number of aliphatic hydroxyl groups is 1. The van der Waals surface area contributed by atoms with Crippen molar-refractivity contribution in [1.82, 2.24) is 4.98 Å². The summed E-state index contributed by atoms with van der Waals surface area (Å²) in [7, 11) is -2.81. The number of nitrogens with zero attached hydrogens (tertiary/aromatic N) is 2. The van der Waals surface area contributed by atoms with E-state index in [0.717, 1.165) is 33.5 Å². The minimum atomic E-state index is -2.81. The SMILES string of the molecule is Cc1cccc2c(NCCCO)cc(N3CCS(O)(O)c4ccccc4C3)nc12. The highest BCUT2D eigenvalue weighted by molar-refractivity contribution is 8.24. The maximum Gasteiger partial charge on any atom is 0.131 e. The zero-order chi connectivity index (χ0) is 20.4. The molecule has 0 saturated heterocycles. The maximum atomic E-state index is 10.6. The Morgan fingerprint density at radius 2 is 1.97 bits per heavy atom. The van der Waals surface area contributed by atoms with E-state index in [2.05, 4.69) is 16.3 Å². The van der Waals surface area contributed by atoms with Crippen LogP contribution in [0, 0.1) is 6.92 Å². The van der Waals surface area contributed by atoms with Crippen LogP contribution in [0.25, 0.3) is 10.9 Å². The zero-order valence-electron chi connectivity index (χ0n) is 16.5. The average molecular weight is 414 g/mol. The van der Waals surface area contributed by atoms with Gasteiger partial charge in [0.05, 0.1) is 16.2 Å².